The van der Waals surface area contributed by atoms with Crippen molar-refractivity contribution in [1.82, 2.24) is 15.4 Å². The summed E-state index contributed by atoms with van der Waals surface area (Å²) in [7, 11) is 0. The van der Waals surface area contributed by atoms with E-state index in [0.717, 1.165) is 11.1 Å². The highest BCUT2D eigenvalue weighted by atomic mass is 35.5. The number of aryl methyl sites for hydroxylation is 2. The van der Waals surface area contributed by atoms with Crippen molar-refractivity contribution in [1.29, 1.82) is 0 Å². The van der Waals surface area contributed by atoms with Crippen LogP contribution in [0.15, 0.2) is 28.8 Å². The van der Waals surface area contributed by atoms with E-state index in [1.165, 1.54) is 4.90 Å². The van der Waals surface area contributed by atoms with E-state index in [4.69, 9.17) is 16.1 Å². The van der Waals surface area contributed by atoms with Gasteiger partial charge in [0, 0.05) is 30.6 Å². The number of carbonyl (C=O) groups is 2. The maximum absolute atomic E-state index is 12.6. The van der Waals surface area contributed by atoms with Gasteiger partial charge in [0.15, 0.2) is 0 Å². The number of benzene rings is 1. The van der Waals surface area contributed by atoms with E-state index in [-0.39, 0.29) is 31.2 Å². The van der Waals surface area contributed by atoms with E-state index < -0.39 is 12.1 Å². The first-order valence-electron chi connectivity index (χ1n) is 8.76. The zero-order valence-electron chi connectivity index (χ0n) is 15.2. The molecule has 1 aliphatic rings. The van der Waals surface area contributed by atoms with E-state index in [2.05, 4.69) is 10.5 Å². The predicted octanol–water partition coefficient (Wildman–Crippen LogP) is 1.77. The van der Waals surface area contributed by atoms with E-state index in [1.807, 2.05) is 19.1 Å². The average molecular weight is 392 g/mol. The van der Waals surface area contributed by atoms with Crippen molar-refractivity contribution in [3.05, 3.63) is 51.9 Å². The number of rotatable bonds is 5. The molecule has 1 saturated heterocycles. The Bertz CT molecular complexity index is 851. The van der Waals surface area contributed by atoms with Gasteiger partial charge in [-0.25, -0.2) is 0 Å². The van der Waals surface area contributed by atoms with Crippen LogP contribution in [0.1, 0.15) is 29.0 Å². The molecule has 1 aromatic heterocycles. The third-order valence-corrected chi connectivity index (χ3v) is 4.90. The summed E-state index contributed by atoms with van der Waals surface area (Å²) >= 11 is 5.95. The molecule has 8 heteroatoms. The second-order valence-corrected chi connectivity index (χ2v) is 7.29. The molecule has 0 radical (unpaired) electrons. The minimum absolute atomic E-state index is 0.00757. The topological polar surface area (TPSA) is 95.7 Å². The highest BCUT2D eigenvalue weighted by molar-refractivity contribution is 6.30. The van der Waals surface area contributed by atoms with Crippen molar-refractivity contribution in [3.63, 3.8) is 0 Å². The second-order valence-electron chi connectivity index (χ2n) is 6.85. The van der Waals surface area contributed by atoms with Gasteiger partial charge in [0.25, 0.3) is 0 Å². The Kier molecular flexibility index (Phi) is 5.82. The molecule has 0 aliphatic carbocycles. The maximum Gasteiger partial charge on any atom is 0.243 e. The summed E-state index contributed by atoms with van der Waals surface area (Å²) in [6.07, 6.45) is -0.501. The zero-order valence-corrected chi connectivity index (χ0v) is 16.0. The Morgan fingerprint density at radius 3 is 2.81 bits per heavy atom. The van der Waals surface area contributed by atoms with Gasteiger partial charge in [0.1, 0.15) is 11.8 Å². The molecule has 27 heavy (non-hydrogen) atoms. The predicted molar refractivity (Wildman–Crippen MR) is 99.1 cm³/mol. The van der Waals surface area contributed by atoms with Crippen molar-refractivity contribution in [3.8, 4) is 0 Å². The molecule has 2 aromatic rings. The van der Waals surface area contributed by atoms with E-state index >= 15 is 0 Å². The lowest BCUT2D eigenvalue weighted by atomic mass is 10.1. The number of aliphatic hydroxyl groups is 1. The molecule has 0 saturated carbocycles. The van der Waals surface area contributed by atoms with Gasteiger partial charge in [-0.15, -0.1) is 0 Å². The molecule has 2 N–H and O–H groups in total. The average Bonchev–Trinajstić information content (AvgIpc) is 3.19. The highest BCUT2D eigenvalue weighted by Gasteiger charge is 2.38. The fourth-order valence-corrected chi connectivity index (χ4v) is 3.47. The van der Waals surface area contributed by atoms with Gasteiger partial charge in [-0.3, -0.25) is 9.59 Å². The minimum atomic E-state index is -0.724. The Morgan fingerprint density at radius 2 is 2.15 bits per heavy atom. The third kappa shape index (κ3) is 4.67. The number of aliphatic hydroxyl groups excluding tert-OH is 1. The Labute approximate surface area is 162 Å². The quantitative estimate of drug-likeness (QED) is 0.809. The molecule has 2 heterocycles. The lowest BCUT2D eigenvalue weighted by Crippen LogP contribution is -2.46. The molecule has 1 aliphatic heterocycles. The van der Waals surface area contributed by atoms with Gasteiger partial charge in [-0.05, 0) is 37.1 Å². The summed E-state index contributed by atoms with van der Waals surface area (Å²) in [6, 6.07) is 6.44. The van der Waals surface area contributed by atoms with Crippen LogP contribution in [-0.2, 0) is 22.6 Å². The molecule has 2 amide bonds. The van der Waals surface area contributed by atoms with Crippen molar-refractivity contribution in [2.75, 3.05) is 6.54 Å². The molecule has 7 nitrogen and oxygen atoms in total. The van der Waals surface area contributed by atoms with Gasteiger partial charge in [-0.2, -0.15) is 0 Å². The normalized spacial score (nSPS) is 19.3. The first-order valence-corrected chi connectivity index (χ1v) is 9.13. The van der Waals surface area contributed by atoms with Crippen LogP contribution in [0.5, 0.6) is 0 Å². The molecule has 1 fully saturated rings. The van der Waals surface area contributed by atoms with Crippen LogP contribution in [0, 0.1) is 13.8 Å². The van der Waals surface area contributed by atoms with Crippen LogP contribution < -0.4 is 5.32 Å². The van der Waals surface area contributed by atoms with Gasteiger partial charge in [0.05, 0.1) is 18.2 Å². The number of aromatic nitrogens is 1. The standard InChI is InChI=1S/C19H22ClN3O4/c1-11-5-14(20)4-3-13(11)9-21-19(26)17-7-15(24)10-23(17)18(25)8-16-6-12(2)22-27-16/h3-6,15,17,24H,7-10H2,1-2H3,(H,21,26)/t15?,17-/m0/s1. The number of nitrogens with one attached hydrogen (secondary N) is 1. The van der Waals surface area contributed by atoms with Crippen molar-refractivity contribution >= 4 is 23.4 Å². The highest BCUT2D eigenvalue weighted by Crippen LogP contribution is 2.21. The van der Waals surface area contributed by atoms with Crippen molar-refractivity contribution < 1.29 is 19.2 Å². The Balaban J connectivity index is 1.63. The Hall–Kier alpha value is -2.38. The van der Waals surface area contributed by atoms with Crippen LogP contribution in [0.3, 0.4) is 0 Å². The fourth-order valence-electron chi connectivity index (χ4n) is 3.25. The number of likely N-dealkylation sites (tertiary alicyclic amines) is 1. The van der Waals surface area contributed by atoms with Crippen LogP contribution in [0.25, 0.3) is 0 Å². The molecule has 3 rings (SSSR count). The summed E-state index contributed by atoms with van der Waals surface area (Å²) in [6.45, 7) is 4.15. The van der Waals surface area contributed by atoms with Gasteiger partial charge in [-0.1, -0.05) is 22.8 Å². The molecule has 2 atom stereocenters. The Morgan fingerprint density at radius 1 is 1.37 bits per heavy atom. The van der Waals surface area contributed by atoms with E-state index in [9.17, 15) is 14.7 Å². The second kappa shape index (κ2) is 8.10. The lowest BCUT2D eigenvalue weighted by molar-refractivity contribution is -0.138. The third-order valence-electron chi connectivity index (χ3n) is 4.66. The van der Waals surface area contributed by atoms with E-state index in [0.29, 0.717) is 23.0 Å². The number of halogens is 1. The van der Waals surface area contributed by atoms with Crippen LogP contribution in [0.4, 0.5) is 0 Å². The molecular formula is C19H22ClN3O4. The summed E-state index contributed by atoms with van der Waals surface area (Å²) in [5.41, 5.74) is 2.61. The van der Waals surface area contributed by atoms with Crippen LogP contribution in [-0.4, -0.2) is 45.7 Å². The number of β-amino-alcohol motifs (C(OH)–C–C–N with tert-alkyl or cyclic N) is 1. The lowest BCUT2D eigenvalue weighted by Gasteiger charge is -2.23. The largest absolute Gasteiger partial charge is 0.391 e. The summed E-state index contributed by atoms with van der Waals surface area (Å²) in [5, 5.41) is 17.2. The van der Waals surface area contributed by atoms with Crippen molar-refractivity contribution in [2.24, 2.45) is 0 Å². The molecule has 144 valence electrons. The first-order chi connectivity index (χ1) is 12.8. The van der Waals surface area contributed by atoms with Gasteiger partial charge >= 0.3 is 0 Å². The zero-order chi connectivity index (χ0) is 19.6. The molecule has 0 spiro atoms. The maximum atomic E-state index is 12.6. The SMILES string of the molecule is Cc1cc(CC(=O)N2CC(O)C[C@H]2C(=O)NCc2ccc(Cl)cc2C)on1. The number of nitrogens with zero attached hydrogens (tertiary/aromatic N) is 2. The van der Waals surface area contributed by atoms with Gasteiger partial charge < -0.3 is 19.8 Å². The molecule has 0 bridgehead atoms. The number of carbonyl (C=O) groups excluding carboxylic acids is 2. The summed E-state index contributed by atoms with van der Waals surface area (Å²) < 4.78 is 5.07. The van der Waals surface area contributed by atoms with Gasteiger partial charge in [0.2, 0.25) is 11.8 Å². The van der Waals surface area contributed by atoms with Crippen molar-refractivity contribution in [2.45, 2.75) is 45.4 Å². The number of amides is 2. The summed E-state index contributed by atoms with van der Waals surface area (Å²) in [4.78, 5) is 26.6. The monoisotopic (exact) mass is 391 g/mol. The minimum Gasteiger partial charge on any atom is -0.391 e. The fraction of sp³-hybridized carbons (Fsp3) is 0.421. The first kappa shape index (κ1) is 19.4. The molecule has 1 unspecified atom stereocenters. The van der Waals surface area contributed by atoms with E-state index in [1.54, 1.807) is 19.1 Å². The van der Waals surface area contributed by atoms with Crippen LogP contribution >= 0.6 is 11.6 Å². The number of hydrogen-bond donors (Lipinski definition) is 2. The molecular weight excluding hydrogens is 370 g/mol. The van der Waals surface area contributed by atoms with Crippen LogP contribution in [0.2, 0.25) is 5.02 Å². The smallest absolute Gasteiger partial charge is 0.243 e. The molecule has 1 aromatic carbocycles. The number of hydrogen-bond acceptors (Lipinski definition) is 5. The summed E-state index contributed by atoms with van der Waals surface area (Å²) in [5.74, 6) is -0.122.